The fourth-order valence-electron chi connectivity index (χ4n) is 10.1. The maximum atomic E-state index is 12.9. The van der Waals surface area contributed by atoms with Crippen molar-refractivity contribution >= 4 is 17.9 Å². The number of carbonyl (C=O) groups is 3. The summed E-state index contributed by atoms with van der Waals surface area (Å²) in [5, 5.41) is 40.1. The number of rotatable bonds is 55. The molecule has 0 aliphatic carbocycles. The monoisotopic (exact) mass is 1020 g/mol. The first kappa shape index (κ1) is 68.2. The number of hydrogen-bond acceptors (Lipinski definition) is 10. The molecule has 1 saturated heterocycles. The van der Waals surface area contributed by atoms with Crippen molar-refractivity contribution in [2.75, 3.05) is 13.2 Å². The molecule has 1 heterocycles. The van der Waals surface area contributed by atoms with Crippen molar-refractivity contribution in [2.24, 2.45) is 0 Å². The molecule has 0 aromatic heterocycles. The summed E-state index contributed by atoms with van der Waals surface area (Å²) in [6.45, 7) is 3.90. The van der Waals surface area contributed by atoms with Crippen LogP contribution in [0.4, 0.5) is 0 Å². The van der Waals surface area contributed by atoms with Gasteiger partial charge in [0.15, 0.2) is 18.5 Å². The van der Waals surface area contributed by atoms with E-state index in [9.17, 15) is 34.8 Å². The molecule has 1 fully saturated rings. The minimum atomic E-state index is -1.86. The Morgan fingerprint density at radius 3 is 0.944 bits per heavy atom. The quantitative estimate of drug-likeness (QED) is 0.0338. The zero-order valence-corrected chi connectivity index (χ0v) is 47.0. The molecule has 426 valence electrons. The molecule has 1 aliphatic heterocycles. The normalized spacial score (nSPS) is 18.4. The number of aliphatic hydroxyl groups excluding tert-OH is 3. The summed E-state index contributed by atoms with van der Waals surface area (Å²) in [5.74, 6) is -2.41. The average molecular weight is 1030 g/mol. The Labute approximate surface area is 442 Å². The summed E-state index contributed by atoms with van der Waals surface area (Å²) >= 11 is 0. The van der Waals surface area contributed by atoms with E-state index in [0.717, 1.165) is 38.5 Å². The second kappa shape index (κ2) is 51.3. The SMILES string of the molecule is CCCCCCCCCCCCCCCCCCCCCCCCCC(=O)OCC(COC1OC(C(=O)O)C(O)C(O)C1O)OC(=O)CCCCCCCCCCCCCCCCCCCCCCCCC. The van der Waals surface area contributed by atoms with Crippen LogP contribution in [0.3, 0.4) is 0 Å². The van der Waals surface area contributed by atoms with Gasteiger partial charge in [-0.3, -0.25) is 9.59 Å². The standard InChI is InChI=1S/C61H116O11/c1-3-5-7-9-11-13-15-17-19-21-23-25-27-29-31-33-35-37-39-41-43-45-47-49-54(62)69-51-53(52-70-61-58(66)56(64)57(65)59(72-61)60(67)68)71-55(63)50-48-46-44-42-40-38-36-34-32-30-28-26-24-22-20-18-16-14-12-10-8-6-4-2/h53,56-59,61,64-66H,3-52H2,1-2H3,(H,67,68). The third-order valence-electron chi connectivity index (χ3n) is 15.0. The highest BCUT2D eigenvalue weighted by Crippen LogP contribution is 2.24. The lowest BCUT2D eigenvalue weighted by Gasteiger charge is -2.38. The lowest BCUT2D eigenvalue weighted by molar-refractivity contribution is -0.298. The maximum absolute atomic E-state index is 12.9. The van der Waals surface area contributed by atoms with Crippen LogP contribution in [0.1, 0.15) is 322 Å². The van der Waals surface area contributed by atoms with Crippen molar-refractivity contribution in [3.63, 3.8) is 0 Å². The van der Waals surface area contributed by atoms with Crippen LogP contribution in [-0.4, -0.2) is 88.4 Å². The van der Waals surface area contributed by atoms with E-state index in [4.69, 9.17) is 18.9 Å². The van der Waals surface area contributed by atoms with E-state index in [1.54, 1.807) is 0 Å². The molecular weight excluding hydrogens is 909 g/mol. The first-order valence-electron chi connectivity index (χ1n) is 31.1. The molecule has 4 N–H and O–H groups in total. The second-order valence-electron chi connectivity index (χ2n) is 21.9. The Balaban J connectivity index is 2.18. The van der Waals surface area contributed by atoms with Crippen molar-refractivity contribution in [2.45, 2.75) is 359 Å². The number of aliphatic hydroxyl groups is 3. The van der Waals surface area contributed by atoms with E-state index >= 15 is 0 Å². The van der Waals surface area contributed by atoms with Crippen LogP contribution in [0.5, 0.6) is 0 Å². The molecule has 0 amide bonds. The second-order valence-corrected chi connectivity index (χ2v) is 21.9. The van der Waals surface area contributed by atoms with Gasteiger partial charge in [0, 0.05) is 12.8 Å². The van der Waals surface area contributed by atoms with Gasteiger partial charge in [-0.15, -0.1) is 0 Å². The molecule has 11 heteroatoms. The van der Waals surface area contributed by atoms with Crippen LogP contribution >= 0.6 is 0 Å². The van der Waals surface area contributed by atoms with E-state index in [0.29, 0.717) is 12.8 Å². The van der Waals surface area contributed by atoms with Crippen LogP contribution in [-0.2, 0) is 33.3 Å². The average Bonchev–Trinajstić information content (AvgIpc) is 3.37. The summed E-state index contributed by atoms with van der Waals surface area (Å²) in [4.78, 5) is 37.2. The Morgan fingerprint density at radius 1 is 0.375 bits per heavy atom. The minimum Gasteiger partial charge on any atom is -0.479 e. The predicted octanol–water partition coefficient (Wildman–Crippen LogP) is 16.1. The predicted molar refractivity (Wildman–Crippen MR) is 294 cm³/mol. The van der Waals surface area contributed by atoms with Crippen LogP contribution in [0, 0.1) is 0 Å². The third-order valence-corrected chi connectivity index (χ3v) is 15.0. The Kier molecular flexibility index (Phi) is 48.6. The van der Waals surface area contributed by atoms with Gasteiger partial charge in [0.2, 0.25) is 0 Å². The summed E-state index contributed by atoms with van der Waals surface area (Å²) < 4.78 is 22.0. The van der Waals surface area contributed by atoms with Crippen molar-refractivity contribution in [1.29, 1.82) is 0 Å². The number of ether oxygens (including phenoxy) is 4. The highest BCUT2D eigenvalue weighted by molar-refractivity contribution is 5.73. The van der Waals surface area contributed by atoms with Gasteiger partial charge >= 0.3 is 17.9 Å². The number of carboxylic acids is 1. The minimum absolute atomic E-state index is 0.192. The van der Waals surface area contributed by atoms with E-state index in [1.807, 2.05) is 0 Å². The van der Waals surface area contributed by atoms with E-state index in [1.165, 1.54) is 244 Å². The number of unbranched alkanes of at least 4 members (excludes halogenated alkanes) is 44. The van der Waals surface area contributed by atoms with Crippen LogP contribution in [0.25, 0.3) is 0 Å². The van der Waals surface area contributed by atoms with Gasteiger partial charge in [0.1, 0.15) is 24.9 Å². The molecule has 1 rings (SSSR count). The van der Waals surface area contributed by atoms with Gasteiger partial charge in [-0.1, -0.05) is 296 Å². The highest BCUT2D eigenvalue weighted by Gasteiger charge is 2.47. The molecule has 0 bridgehead atoms. The lowest BCUT2D eigenvalue weighted by Crippen LogP contribution is -2.60. The Bertz CT molecular complexity index is 1200. The number of esters is 2. The molecule has 11 nitrogen and oxygen atoms in total. The fraction of sp³-hybridized carbons (Fsp3) is 0.951. The van der Waals surface area contributed by atoms with Crippen molar-refractivity contribution < 1.29 is 53.8 Å². The number of aliphatic carboxylic acids is 1. The largest absolute Gasteiger partial charge is 0.479 e. The summed E-state index contributed by atoms with van der Waals surface area (Å²) in [7, 11) is 0. The molecule has 0 spiro atoms. The van der Waals surface area contributed by atoms with Gasteiger partial charge in [-0.2, -0.15) is 0 Å². The number of carboxylic acid groups (broad SMARTS) is 1. The molecule has 0 radical (unpaired) electrons. The van der Waals surface area contributed by atoms with Crippen molar-refractivity contribution in [1.82, 2.24) is 0 Å². The molecule has 0 saturated carbocycles. The van der Waals surface area contributed by atoms with Gasteiger partial charge in [0.25, 0.3) is 0 Å². The van der Waals surface area contributed by atoms with Gasteiger partial charge in [0.05, 0.1) is 6.61 Å². The first-order chi connectivity index (χ1) is 35.2. The number of hydrogen-bond donors (Lipinski definition) is 4. The molecule has 0 aromatic rings. The summed E-state index contributed by atoms with van der Waals surface area (Å²) in [5.41, 5.74) is 0. The Hall–Kier alpha value is -1.79. The number of carbonyl (C=O) groups excluding carboxylic acids is 2. The van der Waals surface area contributed by atoms with Gasteiger partial charge in [-0.25, -0.2) is 4.79 Å². The molecule has 0 aromatic carbocycles. The smallest absolute Gasteiger partial charge is 0.335 e. The van der Waals surface area contributed by atoms with Gasteiger partial charge in [-0.05, 0) is 12.8 Å². The topological polar surface area (TPSA) is 169 Å². The van der Waals surface area contributed by atoms with Crippen LogP contribution < -0.4 is 0 Å². The zero-order valence-electron chi connectivity index (χ0n) is 47.0. The summed E-state index contributed by atoms with van der Waals surface area (Å²) in [6.07, 6.45) is 50.3. The zero-order chi connectivity index (χ0) is 52.4. The molecule has 72 heavy (non-hydrogen) atoms. The molecular formula is C61H116O11. The van der Waals surface area contributed by atoms with E-state index < -0.39 is 54.7 Å². The third kappa shape index (κ3) is 41.5. The van der Waals surface area contributed by atoms with E-state index in [-0.39, 0.29) is 26.1 Å². The van der Waals surface area contributed by atoms with Crippen LogP contribution in [0.2, 0.25) is 0 Å². The van der Waals surface area contributed by atoms with Crippen molar-refractivity contribution in [3.05, 3.63) is 0 Å². The molecule has 1 aliphatic rings. The lowest BCUT2D eigenvalue weighted by atomic mass is 9.99. The molecule has 6 atom stereocenters. The van der Waals surface area contributed by atoms with Gasteiger partial charge < -0.3 is 39.4 Å². The van der Waals surface area contributed by atoms with E-state index in [2.05, 4.69) is 13.8 Å². The first-order valence-corrected chi connectivity index (χ1v) is 31.1. The highest BCUT2D eigenvalue weighted by atomic mass is 16.7. The van der Waals surface area contributed by atoms with Crippen LogP contribution in [0.15, 0.2) is 0 Å². The Morgan fingerprint density at radius 2 is 0.653 bits per heavy atom. The maximum Gasteiger partial charge on any atom is 0.335 e. The molecule has 6 unspecified atom stereocenters. The fourth-order valence-corrected chi connectivity index (χ4v) is 10.1. The summed E-state index contributed by atoms with van der Waals surface area (Å²) in [6, 6.07) is 0. The van der Waals surface area contributed by atoms with Crippen molar-refractivity contribution in [3.8, 4) is 0 Å².